The minimum absolute atomic E-state index is 0.0898. The van der Waals surface area contributed by atoms with E-state index in [1.807, 2.05) is 24.3 Å². The number of benzene rings is 1. The molecule has 1 rings (SSSR count). The fourth-order valence-electron chi connectivity index (χ4n) is 2.02. The second-order valence-electron chi connectivity index (χ2n) is 5.64. The number of carbonyl (C=O) groups excluding carboxylic acids is 1. The van der Waals surface area contributed by atoms with Gasteiger partial charge in [0, 0.05) is 6.54 Å². The highest BCUT2D eigenvalue weighted by Crippen LogP contribution is 2.17. The molecule has 0 fully saturated rings. The summed E-state index contributed by atoms with van der Waals surface area (Å²) in [4.78, 5) is 11.9. The number of hydrogen-bond donors (Lipinski definition) is 2. The molecule has 6 heteroatoms. The third kappa shape index (κ3) is 6.73. The van der Waals surface area contributed by atoms with Gasteiger partial charge in [0.05, 0.1) is 11.7 Å². The van der Waals surface area contributed by atoms with E-state index < -0.39 is 15.9 Å². The standard InChI is InChI=1S/C15H23NO4S/c1-11(2)10-13-4-6-14(7-5-13)12(3)15(17)16-8-9-21(18,19)20/h4-7,11-12H,8-10H2,1-3H3,(H,16,17)(H,18,19,20)/t12-/m0/s1. The van der Waals surface area contributed by atoms with E-state index in [0.717, 1.165) is 12.0 Å². The lowest BCUT2D eigenvalue weighted by molar-refractivity contribution is -0.122. The van der Waals surface area contributed by atoms with Gasteiger partial charge in [-0.05, 0) is 30.4 Å². The van der Waals surface area contributed by atoms with Crippen LogP contribution in [0.5, 0.6) is 0 Å². The zero-order valence-corrected chi connectivity index (χ0v) is 13.5. The molecule has 0 saturated heterocycles. The number of amides is 1. The summed E-state index contributed by atoms with van der Waals surface area (Å²) in [6.07, 6.45) is 0.995. The van der Waals surface area contributed by atoms with Gasteiger partial charge in [0.2, 0.25) is 5.91 Å². The van der Waals surface area contributed by atoms with Gasteiger partial charge in [0.15, 0.2) is 0 Å². The van der Waals surface area contributed by atoms with Gasteiger partial charge in [-0.25, -0.2) is 0 Å². The Morgan fingerprint density at radius 2 is 1.76 bits per heavy atom. The van der Waals surface area contributed by atoms with Crippen LogP contribution in [0.25, 0.3) is 0 Å². The van der Waals surface area contributed by atoms with E-state index in [2.05, 4.69) is 19.2 Å². The van der Waals surface area contributed by atoms with Gasteiger partial charge in [-0.1, -0.05) is 38.1 Å². The molecular weight excluding hydrogens is 290 g/mol. The predicted molar refractivity (Wildman–Crippen MR) is 82.8 cm³/mol. The molecule has 1 amide bonds. The minimum Gasteiger partial charge on any atom is -0.354 e. The van der Waals surface area contributed by atoms with Crippen LogP contribution in [0.2, 0.25) is 0 Å². The van der Waals surface area contributed by atoms with E-state index in [9.17, 15) is 13.2 Å². The normalized spacial score (nSPS) is 13.2. The molecule has 0 bridgehead atoms. The highest BCUT2D eigenvalue weighted by molar-refractivity contribution is 7.85. The molecule has 118 valence electrons. The Bertz CT molecular complexity index is 564. The molecule has 21 heavy (non-hydrogen) atoms. The Morgan fingerprint density at radius 1 is 1.19 bits per heavy atom. The van der Waals surface area contributed by atoms with Gasteiger partial charge in [0.25, 0.3) is 10.1 Å². The van der Waals surface area contributed by atoms with Crippen LogP contribution in [0.4, 0.5) is 0 Å². The fraction of sp³-hybridized carbons (Fsp3) is 0.533. The van der Waals surface area contributed by atoms with Crippen molar-refractivity contribution in [2.24, 2.45) is 5.92 Å². The lowest BCUT2D eigenvalue weighted by Gasteiger charge is -2.13. The first-order valence-electron chi connectivity index (χ1n) is 7.00. The van der Waals surface area contributed by atoms with Gasteiger partial charge in [-0.2, -0.15) is 8.42 Å². The molecule has 5 nitrogen and oxygen atoms in total. The molecule has 0 heterocycles. The largest absolute Gasteiger partial charge is 0.354 e. The first-order valence-corrected chi connectivity index (χ1v) is 8.61. The first kappa shape index (κ1) is 17.7. The lowest BCUT2D eigenvalue weighted by atomic mass is 9.96. The fourth-order valence-corrected chi connectivity index (χ4v) is 2.38. The van der Waals surface area contributed by atoms with Crippen molar-refractivity contribution >= 4 is 16.0 Å². The Morgan fingerprint density at radius 3 is 2.24 bits per heavy atom. The van der Waals surface area contributed by atoms with Crippen LogP contribution >= 0.6 is 0 Å². The van der Waals surface area contributed by atoms with Crippen LogP contribution in [0.3, 0.4) is 0 Å². The van der Waals surface area contributed by atoms with E-state index >= 15 is 0 Å². The van der Waals surface area contributed by atoms with Gasteiger partial charge in [-0.15, -0.1) is 0 Å². The van der Waals surface area contributed by atoms with Gasteiger partial charge in [-0.3, -0.25) is 9.35 Å². The summed E-state index contributed by atoms with van der Waals surface area (Å²) in [6, 6.07) is 7.87. The van der Waals surface area contributed by atoms with Crippen molar-refractivity contribution in [2.45, 2.75) is 33.1 Å². The second kappa shape index (κ2) is 7.56. The van der Waals surface area contributed by atoms with Crippen LogP contribution in [0.1, 0.15) is 37.8 Å². The molecule has 0 aliphatic heterocycles. The molecule has 1 atom stereocenters. The smallest absolute Gasteiger partial charge is 0.266 e. The highest BCUT2D eigenvalue weighted by Gasteiger charge is 2.15. The summed E-state index contributed by atoms with van der Waals surface area (Å²) in [6.45, 7) is 5.98. The Labute approximate surface area is 126 Å². The molecule has 0 spiro atoms. The van der Waals surface area contributed by atoms with E-state index in [-0.39, 0.29) is 18.4 Å². The maximum Gasteiger partial charge on any atom is 0.266 e. The lowest BCUT2D eigenvalue weighted by Crippen LogP contribution is -2.32. The summed E-state index contributed by atoms with van der Waals surface area (Å²) in [5.41, 5.74) is 2.11. The first-order chi connectivity index (χ1) is 9.69. The van der Waals surface area contributed by atoms with Crippen LogP contribution < -0.4 is 5.32 Å². The minimum atomic E-state index is -4.04. The topological polar surface area (TPSA) is 83.5 Å². The van der Waals surface area contributed by atoms with Crippen molar-refractivity contribution in [1.29, 1.82) is 0 Å². The third-order valence-electron chi connectivity index (χ3n) is 3.18. The van der Waals surface area contributed by atoms with E-state index in [0.29, 0.717) is 5.92 Å². The van der Waals surface area contributed by atoms with Gasteiger partial charge >= 0.3 is 0 Å². The molecule has 0 aromatic heterocycles. The average molecular weight is 313 g/mol. The number of nitrogens with one attached hydrogen (secondary N) is 1. The summed E-state index contributed by atoms with van der Waals surface area (Å²) in [5.74, 6) is -0.509. The van der Waals surface area contributed by atoms with E-state index in [1.54, 1.807) is 6.92 Å². The third-order valence-corrected chi connectivity index (χ3v) is 3.90. The zero-order valence-electron chi connectivity index (χ0n) is 12.7. The maximum atomic E-state index is 11.9. The number of carbonyl (C=O) groups is 1. The molecular formula is C15H23NO4S. The van der Waals surface area contributed by atoms with Crippen LogP contribution in [0.15, 0.2) is 24.3 Å². The average Bonchev–Trinajstić information content (AvgIpc) is 2.36. The summed E-state index contributed by atoms with van der Waals surface area (Å²) in [5, 5.41) is 2.51. The molecule has 1 aromatic rings. The predicted octanol–water partition coefficient (Wildman–Crippen LogP) is 1.99. The van der Waals surface area contributed by atoms with Crippen molar-refractivity contribution < 1.29 is 17.8 Å². The quantitative estimate of drug-likeness (QED) is 0.754. The van der Waals surface area contributed by atoms with Gasteiger partial charge < -0.3 is 5.32 Å². The van der Waals surface area contributed by atoms with Gasteiger partial charge in [0.1, 0.15) is 0 Å². The second-order valence-corrected chi connectivity index (χ2v) is 7.21. The van der Waals surface area contributed by atoms with Crippen molar-refractivity contribution in [3.05, 3.63) is 35.4 Å². The summed E-state index contributed by atoms with van der Waals surface area (Å²) >= 11 is 0. The van der Waals surface area contributed by atoms with Crippen molar-refractivity contribution in [3.63, 3.8) is 0 Å². The maximum absolute atomic E-state index is 11.9. The van der Waals surface area contributed by atoms with Crippen molar-refractivity contribution in [1.82, 2.24) is 5.32 Å². The number of rotatable bonds is 7. The zero-order chi connectivity index (χ0) is 16.0. The van der Waals surface area contributed by atoms with E-state index in [1.165, 1.54) is 5.56 Å². The highest BCUT2D eigenvalue weighted by atomic mass is 32.2. The Hall–Kier alpha value is -1.40. The molecule has 0 saturated carbocycles. The summed E-state index contributed by atoms with van der Waals surface area (Å²) in [7, 11) is -4.04. The molecule has 0 aliphatic carbocycles. The SMILES string of the molecule is CC(C)Cc1ccc([C@H](C)C(=O)NCCS(=O)(=O)O)cc1. The van der Waals surface area contributed by atoms with E-state index in [4.69, 9.17) is 4.55 Å². The molecule has 1 aromatic carbocycles. The Balaban J connectivity index is 2.57. The number of hydrogen-bond acceptors (Lipinski definition) is 3. The van der Waals surface area contributed by atoms with Crippen molar-refractivity contribution in [3.8, 4) is 0 Å². The molecule has 0 radical (unpaired) electrons. The monoisotopic (exact) mass is 313 g/mol. The van der Waals surface area contributed by atoms with Crippen LogP contribution in [0, 0.1) is 5.92 Å². The molecule has 0 aliphatic rings. The summed E-state index contributed by atoms with van der Waals surface area (Å²) < 4.78 is 29.8. The van der Waals surface area contributed by atoms with Crippen molar-refractivity contribution in [2.75, 3.05) is 12.3 Å². The molecule has 0 unspecified atom stereocenters. The Kier molecular flexibility index (Phi) is 6.36. The van der Waals surface area contributed by atoms with Crippen LogP contribution in [-0.4, -0.2) is 31.2 Å². The van der Waals surface area contributed by atoms with Crippen LogP contribution in [-0.2, 0) is 21.3 Å². The molecule has 2 N–H and O–H groups in total.